The molecule has 2 atom stereocenters. The van der Waals surface area contributed by atoms with Crippen LogP contribution in [0, 0.1) is 11.8 Å². The minimum absolute atomic E-state index is 0.161. The van der Waals surface area contributed by atoms with E-state index in [1.807, 2.05) is 11.9 Å². The number of nitrogens with one attached hydrogen (secondary N) is 1. The molecule has 1 saturated carbocycles. The minimum atomic E-state index is 0.161. The lowest BCUT2D eigenvalue weighted by Gasteiger charge is -2.36. The van der Waals surface area contributed by atoms with Gasteiger partial charge in [0.1, 0.15) is 0 Å². The van der Waals surface area contributed by atoms with Crippen molar-refractivity contribution in [2.75, 3.05) is 33.2 Å². The molecule has 4 nitrogen and oxygen atoms in total. The molecule has 3 fully saturated rings. The minimum Gasteiger partial charge on any atom is -0.342 e. The third-order valence-corrected chi connectivity index (χ3v) is 5.33. The average Bonchev–Trinajstić information content (AvgIpc) is 3.01. The molecular formula is C14H25N3O. The van der Waals surface area contributed by atoms with Gasteiger partial charge in [-0.05, 0) is 45.1 Å². The van der Waals surface area contributed by atoms with E-state index in [1.165, 1.54) is 12.8 Å². The van der Waals surface area contributed by atoms with Crippen LogP contribution < -0.4 is 5.32 Å². The number of amides is 1. The summed E-state index contributed by atoms with van der Waals surface area (Å²) in [4.78, 5) is 16.6. The van der Waals surface area contributed by atoms with Gasteiger partial charge in [-0.25, -0.2) is 0 Å². The molecule has 1 amide bonds. The molecule has 1 N–H and O–H groups in total. The Bertz CT molecular complexity index is 351. The predicted octanol–water partition coefficient (Wildman–Crippen LogP) is 0.537. The number of hydrogen-bond acceptors (Lipinski definition) is 3. The Morgan fingerprint density at radius 2 is 2.11 bits per heavy atom. The number of likely N-dealkylation sites (tertiary alicyclic amines) is 1. The molecule has 3 aliphatic rings. The number of carbonyl (C=O) groups excluding carboxylic acids is 1. The van der Waals surface area contributed by atoms with Gasteiger partial charge in [0.2, 0.25) is 5.91 Å². The van der Waals surface area contributed by atoms with E-state index >= 15 is 0 Å². The van der Waals surface area contributed by atoms with Gasteiger partial charge in [0.05, 0.1) is 6.54 Å². The monoisotopic (exact) mass is 251 g/mol. The smallest absolute Gasteiger partial charge is 0.236 e. The Balaban J connectivity index is 1.64. The van der Waals surface area contributed by atoms with Crippen molar-refractivity contribution in [3.05, 3.63) is 0 Å². The molecule has 2 unspecified atom stereocenters. The highest BCUT2D eigenvalue weighted by Gasteiger charge is 2.50. The molecule has 2 aliphatic heterocycles. The Morgan fingerprint density at radius 3 is 2.72 bits per heavy atom. The summed E-state index contributed by atoms with van der Waals surface area (Å²) in [6, 6.07) is 0.532. The van der Waals surface area contributed by atoms with E-state index in [0.717, 1.165) is 25.6 Å². The zero-order valence-corrected chi connectivity index (χ0v) is 11.8. The predicted molar refractivity (Wildman–Crippen MR) is 71.3 cm³/mol. The first kappa shape index (κ1) is 12.4. The number of fused-ring (bicyclic) bond motifs is 1. The van der Waals surface area contributed by atoms with Crippen LogP contribution >= 0.6 is 0 Å². The first-order valence-electron chi connectivity index (χ1n) is 7.21. The van der Waals surface area contributed by atoms with Crippen molar-refractivity contribution in [3.63, 3.8) is 0 Å². The second-order valence-electron chi connectivity index (χ2n) is 6.79. The molecule has 2 heterocycles. The highest BCUT2D eigenvalue weighted by atomic mass is 16.2. The maximum absolute atomic E-state index is 12.3. The molecule has 4 heteroatoms. The third kappa shape index (κ3) is 1.95. The number of hydrogen-bond donors (Lipinski definition) is 1. The van der Waals surface area contributed by atoms with Crippen molar-refractivity contribution >= 4 is 5.91 Å². The van der Waals surface area contributed by atoms with Gasteiger partial charge in [-0.15, -0.1) is 0 Å². The molecule has 102 valence electrons. The fraction of sp³-hybridized carbons (Fsp3) is 0.929. The zero-order chi connectivity index (χ0) is 12.9. The van der Waals surface area contributed by atoms with E-state index in [2.05, 4.69) is 24.1 Å². The average molecular weight is 251 g/mol. The summed E-state index contributed by atoms with van der Waals surface area (Å²) in [6.07, 6.45) is 2.39. The van der Waals surface area contributed by atoms with Crippen molar-refractivity contribution in [3.8, 4) is 0 Å². The molecule has 2 saturated heterocycles. The number of carbonyl (C=O) groups is 1. The topological polar surface area (TPSA) is 35.6 Å². The highest BCUT2D eigenvalue weighted by molar-refractivity contribution is 5.78. The molecule has 0 aromatic rings. The van der Waals surface area contributed by atoms with Crippen molar-refractivity contribution in [1.29, 1.82) is 0 Å². The first-order valence-corrected chi connectivity index (χ1v) is 7.21. The van der Waals surface area contributed by atoms with Crippen LogP contribution in [0.4, 0.5) is 0 Å². The largest absolute Gasteiger partial charge is 0.342 e. The van der Waals surface area contributed by atoms with Gasteiger partial charge in [0.25, 0.3) is 0 Å². The summed E-state index contributed by atoms with van der Waals surface area (Å²) in [6.45, 7) is 8.52. The van der Waals surface area contributed by atoms with Crippen LogP contribution in [-0.4, -0.2) is 60.5 Å². The van der Waals surface area contributed by atoms with E-state index in [0.29, 0.717) is 24.4 Å². The first-order chi connectivity index (χ1) is 8.50. The summed E-state index contributed by atoms with van der Waals surface area (Å²) in [5.41, 5.74) is 0.161. The van der Waals surface area contributed by atoms with Gasteiger partial charge >= 0.3 is 0 Å². The second kappa shape index (κ2) is 4.20. The maximum atomic E-state index is 12.3. The molecule has 3 rings (SSSR count). The number of rotatable bonds is 3. The standard InChI is InChI=1S/C14H25N3O/c1-14(2)12-7-15-6-10(12)8-17(14)9-13(18)16(3)11-4-5-11/h10-12,15H,4-9H2,1-3H3. The van der Waals surface area contributed by atoms with E-state index in [1.54, 1.807) is 0 Å². The van der Waals surface area contributed by atoms with E-state index in [4.69, 9.17) is 0 Å². The number of likely N-dealkylation sites (N-methyl/N-ethyl adjacent to an activating group) is 1. The van der Waals surface area contributed by atoms with Gasteiger partial charge in [-0.2, -0.15) is 0 Å². The van der Waals surface area contributed by atoms with Crippen LogP contribution in [0.2, 0.25) is 0 Å². The molecule has 0 spiro atoms. The lowest BCUT2D eigenvalue weighted by molar-refractivity contribution is -0.132. The fourth-order valence-corrected chi connectivity index (χ4v) is 3.71. The third-order valence-electron chi connectivity index (χ3n) is 5.33. The molecule has 0 aromatic heterocycles. The van der Waals surface area contributed by atoms with E-state index < -0.39 is 0 Å². The van der Waals surface area contributed by atoms with Crippen LogP contribution in [0.1, 0.15) is 26.7 Å². The van der Waals surface area contributed by atoms with E-state index in [-0.39, 0.29) is 5.54 Å². The fourth-order valence-electron chi connectivity index (χ4n) is 3.71. The summed E-state index contributed by atoms with van der Waals surface area (Å²) in [7, 11) is 1.96. The molecule has 0 aromatic carbocycles. The van der Waals surface area contributed by atoms with Crippen molar-refractivity contribution in [1.82, 2.24) is 15.1 Å². The van der Waals surface area contributed by atoms with Crippen molar-refractivity contribution in [2.24, 2.45) is 11.8 Å². The van der Waals surface area contributed by atoms with Crippen LogP contribution in [0.3, 0.4) is 0 Å². The van der Waals surface area contributed by atoms with Crippen LogP contribution in [0.15, 0.2) is 0 Å². The van der Waals surface area contributed by atoms with E-state index in [9.17, 15) is 4.79 Å². The Kier molecular flexibility index (Phi) is 2.90. The molecule has 0 radical (unpaired) electrons. The molecule has 0 bridgehead atoms. The molecule has 1 aliphatic carbocycles. The number of nitrogens with zero attached hydrogens (tertiary/aromatic N) is 2. The van der Waals surface area contributed by atoms with Crippen LogP contribution in [0.5, 0.6) is 0 Å². The summed E-state index contributed by atoms with van der Waals surface area (Å²) >= 11 is 0. The van der Waals surface area contributed by atoms with Gasteiger partial charge < -0.3 is 10.2 Å². The summed E-state index contributed by atoms with van der Waals surface area (Å²) in [5, 5.41) is 3.48. The summed E-state index contributed by atoms with van der Waals surface area (Å²) < 4.78 is 0. The highest BCUT2D eigenvalue weighted by Crippen LogP contribution is 2.40. The normalized spacial score (nSPS) is 34.6. The second-order valence-corrected chi connectivity index (χ2v) is 6.79. The SMILES string of the molecule is CN(C(=O)CN1CC2CNCC2C1(C)C)C1CC1. The van der Waals surface area contributed by atoms with Gasteiger partial charge in [0, 0.05) is 31.7 Å². The van der Waals surface area contributed by atoms with Gasteiger partial charge in [-0.1, -0.05) is 0 Å². The molecule has 18 heavy (non-hydrogen) atoms. The molecular weight excluding hydrogens is 226 g/mol. The van der Waals surface area contributed by atoms with Crippen LogP contribution in [-0.2, 0) is 4.79 Å². The van der Waals surface area contributed by atoms with Crippen molar-refractivity contribution < 1.29 is 4.79 Å². The van der Waals surface area contributed by atoms with Crippen LogP contribution in [0.25, 0.3) is 0 Å². The maximum Gasteiger partial charge on any atom is 0.236 e. The summed E-state index contributed by atoms with van der Waals surface area (Å²) in [5.74, 6) is 1.74. The van der Waals surface area contributed by atoms with Gasteiger partial charge in [-0.3, -0.25) is 9.69 Å². The quantitative estimate of drug-likeness (QED) is 0.795. The Hall–Kier alpha value is -0.610. The van der Waals surface area contributed by atoms with Crippen molar-refractivity contribution in [2.45, 2.75) is 38.3 Å². The van der Waals surface area contributed by atoms with Gasteiger partial charge in [0.15, 0.2) is 0 Å². The lowest BCUT2D eigenvalue weighted by Crippen LogP contribution is -2.49. The lowest BCUT2D eigenvalue weighted by atomic mass is 9.85. The zero-order valence-electron chi connectivity index (χ0n) is 11.8. The Morgan fingerprint density at radius 1 is 1.39 bits per heavy atom. The Labute approximate surface area is 110 Å².